The van der Waals surface area contributed by atoms with Gasteiger partial charge in [0.15, 0.2) is 0 Å². The molecule has 3 N–H and O–H groups in total. The van der Waals surface area contributed by atoms with Gasteiger partial charge >= 0.3 is 11.7 Å². The van der Waals surface area contributed by atoms with E-state index >= 15 is 0 Å². The molecule has 0 fully saturated rings. The van der Waals surface area contributed by atoms with Gasteiger partial charge in [-0.1, -0.05) is 0 Å². The van der Waals surface area contributed by atoms with Gasteiger partial charge in [0.1, 0.15) is 0 Å². The molecule has 8 heteroatoms. The number of carbonyl (C=O) groups excluding carboxylic acids is 1. The van der Waals surface area contributed by atoms with Crippen LogP contribution in [0.4, 0.5) is 0 Å². The summed E-state index contributed by atoms with van der Waals surface area (Å²) in [5.41, 5.74) is -1.05. The minimum atomic E-state index is -0.908. The third-order valence-corrected chi connectivity index (χ3v) is 2.37. The number of nitrogens with zero attached hydrogens (tertiary/aromatic N) is 1. The summed E-state index contributed by atoms with van der Waals surface area (Å²) in [6.07, 6.45) is 1.76. The van der Waals surface area contributed by atoms with E-state index in [4.69, 9.17) is 5.11 Å². The molecule has 0 aliphatic heterocycles. The van der Waals surface area contributed by atoms with Gasteiger partial charge in [0.25, 0.3) is 5.56 Å². The van der Waals surface area contributed by atoms with Gasteiger partial charge in [0.05, 0.1) is 0 Å². The van der Waals surface area contributed by atoms with Crippen molar-refractivity contribution in [1.82, 2.24) is 14.9 Å². The van der Waals surface area contributed by atoms with Crippen LogP contribution in [0.5, 0.6) is 0 Å². The van der Waals surface area contributed by atoms with E-state index in [9.17, 15) is 19.2 Å². The fraction of sp³-hybridized carbons (Fsp3) is 0.455. The Bertz CT molecular complexity index is 560. The Morgan fingerprint density at radius 2 is 2.05 bits per heavy atom. The number of carboxylic acid groups (broad SMARTS) is 1. The van der Waals surface area contributed by atoms with Crippen LogP contribution in [0.25, 0.3) is 0 Å². The van der Waals surface area contributed by atoms with E-state index in [1.807, 2.05) is 0 Å². The van der Waals surface area contributed by atoms with Gasteiger partial charge in [-0.3, -0.25) is 19.4 Å². The van der Waals surface area contributed by atoms with Crippen LogP contribution in [0.15, 0.2) is 21.9 Å². The van der Waals surface area contributed by atoms with Gasteiger partial charge in [-0.05, 0) is 6.42 Å². The van der Waals surface area contributed by atoms with Crippen LogP contribution < -0.4 is 16.6 Å². The summed E-state index contributed by atoms with van der Waals surface area (Å²) in [5, 5.41) is 11.0. The molecule has 0 radical (unpaired) electrons. The zero-order chi connectivity index (χ0) is 14.3. The molecular formula is C11H15N3O5. The Balaban J connectivity index is 2.32. The van der Waals surface area contributed by atoms with Crippen molar-refractivity contribution >= 4 is 11.9 Å². The molecule has 1 amide bonds. The second-order valence-corrected chi connectivity index (χ2v) is 3.90. The molecule has 0 spiro atoms. The number of H-pyrrole nitrogens is 1. The van der Waals surface area contributed by atoms with Crippen molar-refractivity contribution < 1.29 is 14.7 Å². The van der Waals surface area contributed by atoms with E-state index in [1.54, 1.807) is 0 Å². The van der Waals surface area contributed by atoms with E-state index < -0.39 is 17.2 Å². The maximum atomic E-state index is 11.4. The zero-order valence-corrected chi connectivity index (χ0v) is 10.2. The Labute approximate surface area is 108 Å². The molecule has 104 valence electrons. The molecule has 0 saturated carbocycles. The highest BCUT2D eigenvalue weighted by Crippen LogP contribution is 1.89. The first-order chi connectivity index (χ1) is 8.99. The zero-order valence-electron chi connectivity index (χ0n) is 10.2. The minimum absolute atomic E-state index is 0.000337. The predicted molar refractivity (Wildman–Crippen MR) is 65.8 cm³/mol. The number of hydrogen-bond donors (Lipinski definition) is 3. The number of aromatic nitrogens is 2. The molecule has 0 aromatic carbocycles. The van der Waals surface area contributed by atoms with Gasteiger partial charge in [-0.15, -0.1) is 0 Å². The molecule has 0 unspecified atom stereocenters. The molecular weight excluding hydrogens is 254 g/mol. The number of amides is 1. The quantitative estimate of drug-likeness (QED) is 0.543. The van der Waals surface area contributed by atoms with E-state index in [-0.39, 0.29) is 31.8 Å². The van der Waals surface area contributed by atoms with Crippen LogP contribution in [-0.4, -0.2) is 33.1 Å². The third kappa shape index (κ3) is 5.66. The SMILES string of the molecule is O=C(O)CCCNC(=O)CCn1ccc(=O)[nH]c1=O. The average molecular weight is 269 g/mol. The maximum Gasteiger partial charge on any atom is 0.328 e. The number of carbonyl (C=O) groups is 2. The summed E-state index contributed by atoms with van der Waals surface area (Å²) >= 11 is 0. The van der Waals surface area contributed by atoms with Crippen molar-refractivity contribution in [3.05, 3.63) is 33.1 Å². The van der Waals surface area contributed by atoms with Gasteiger partial charge in [0, 0.05) is 38.2 Å². The number of hydrogen-bond acceptors (Lipinski definition) is 4. The molecule has 8 nitrogen and oxygen atoms in total. The molecule has 0 aliphatic rings. The number of aromatic amines is 1. The number of aryl methyl sites for hydroxylation is 1. The van der Waals surface area contributed by atoms with Crippen LogP contribution in [0.3, 0.4) is 0 Å². The molecule has 19 heavy (non-hydrogen) atoms. The first-order valence-electron chi connectivity index (χ1n) is 5.77. The van der Waals surface area contributed by atoms with Crippen LogP contribution >= 0.6 is 0 Å². The lowest BCUT2D eigenvalue weighted by Gasteiger charge is -2.05. The highest BCUT2D eigenvalue weighted by molar-refractivity contribution is 5.75. The van der Waals surface area contributed by atoms with Crippen molar-refractivity contribution in [2.45, 2.75) is 25.8 Å². The molecule has 1 heterocycles. The van der Waals surface area contributed by atoms with E-state index in [0.29, 0.717) is 6.42 Å². The molecule has 1 aromatic heterocycles. The van der Waals surface area contributed by atoms with Crippen LogP contribution in [0.1, 0.15) is 19.3 Å². The Kier molecular flexibility index (Phi) is 5.52. The summed E-state index contributed by atoms with van der Waals surface area (Å²) in [6, 6.07) is 1.20. The second kappa shape index (κ2) is 7.14. The first-order valence-corrected chi connectivity index (χ1v) is 5.77. The largest absolute Gasteiger partial charge is 0.481 e. The summed E-state index contributed by atoms with van der Waals surface area (Å²) in [7, 11) is 0. The Hall–Kier alpha value is -2.38. The fourth-order valence-corrected chi connectivity index (χ4v) is 1.40. The number of nitrogens with one attached hydrogen (secondary N) is 2. The highest BCUT2D eigenvalue weighted by Gasteiger charge is 2.03. The van der Waals surface area contributed by atoms with Crippen LogP contribution in [0, 0.1) is 0 Å². The van der Waals surface area contributed by atoms with Crippen molar-refractivity contribution in [3.8, 4) is 0 Å². The van der Waals surface area contributed by atoms with Crippen molar-refractivity contribution in [3.63, 3.8) is 0 Å². The smallest absolute Gasteiger partial charge is 0.328 e. The molecule has 1 aromatic rings. The molecule has 0 atom stereocenters. The molecule has 0 saturated heterocycles. The molecule has 0 bridgehead atoms. The first kappa shape index (κ1) is 14.7. The van der Waals surface area contributed by atoms with Gasteiger partial charge < -0.3 is 15.0 Å². The lowest BCUT2D eigenvalue weighted by molar-refractivity contribution is -0.137. The average Bonchev–Trinajstić information content (AvgIpc) is 2.33. The standard InChI is InChI=1S/C11H15N3O5/c15-8(12-5-1-2-10(17)18)3-6-14-7-4-9(16)13-11(14)19/h4,7H,1-3,5-6H2,(H,12,15)(H,17,18)(H,13,16,19). The second-order valence-electron chi connectivity index (χ2n) is 3.90. The molecule has 1 rings (SSSR count). The third-order valence-electron chi connectivity index (χ3n) is 2.37. The van der Waals surface area contributed by atoms with Crippen LogP contribution in [-0.2, 0) is 16.1 Å². The van der Waals surface area contributed by atoms with Crippen molar-refractivity contribution in [2.24, 2.45) is 0 Å². The van der Waals surface area contributed by atoms with Crippen LogP contribution in [0.2, 0.25) is 0 Å². The highest BCUT2D eigenvalue weighted by atomic mass is 16.4. The Morgan fingerprint density at radius 1 is 1.32 bits per heavy atom. The van der Waals surface area contributed by atoms with E-state index in [2.05, 4.69) is 10.3 Å². The number of carboxylic acids is 1. The van der Waals surface area contributed by atoms with Gasteiger partial charge in [0.2, 0.25) is 5.91 Å². The summed E-state index contributed by atoms with van der Waals surface area (Å²) in [4.78, 5) is 45.8. The predicted octanol–water partition coefficient (Wildman–Crippen LogP) is -1.09. The summed E-state index contributed by atoms with van der Waals surface area (Å²) in [5.74, 6) is -1.18. The summed E-state index contributed by atoms with van der Waals surface area (Å²) < 4.78 is 1.22. The fourth-order valence-electron chi connectivity index (χ4n) is 1.40. The van der Waals surface area contributed by atoms with Gasteiger partial charge in [-0.25, -0.2) is 4.79 Å². The number of rotatable bonds is 7. The lowest BCUT2D eigenvalue weighted by atomic mass is 10.3. The van der Waals surface area contributed by atoms with E-state index in [1.165, 1.54) is 16.8 Å². The summed E-state index contributed by atoms with van der Waals surface area (Å²) in [6.45, 7) is 0.437. The maximum absolute atomic E-state index is 11.4. The van der Waals surface area contributed by atoms with Crippen molar-refractivity contribution in [2.75, 3.05) is 6.54 Å². The van der Waals surface area contributed by atoms with E-state index in [0.717, 1.165) is 0 Å². The number of aliphatic carboxylic acids is 1. The minimum Gasteiger partial charge on any atom is -0.481 e. The molecule has 0 aliphatic carbocycles. The lowest BCUT2D eigenvalue weighted by Crippen LogP contribution is -2.31. The van der Waals surface area contributed by atoms with Crippen molar-refractivity contribution in [1.29, 1.82) is 0 Å². The van der Waals surface area contributed by atoms with Gasteiger partial charge in [-0.2, -0.15) is 0 Å². The Morgan fingerprint density at radius 3 is 2.68 bits per heavy atom. The topological polar surface area (TPSA) is 121 Å². The normalized spacial score (nSPS) is 10.1. The monoisotopic (exact) mass is 269 g/mol.